The third-order valence-corrected chi connectivity index (χ3v) is 1.16. The van der Waals surface area contributed by atoms with Crippen LogP contribution in [0.25, 0.3) is 0 Å². The highest BCUT2D eigenvalue weighted by molar-refractivity contribution is 7.83. The Hall–Kier alpha value is -0.210. The molecule has 0 aliphatic rings. The first-order valence-electron chi connectivity index (χ1n) is 4.07. The van der Waals surface area contributed by atoms with Crippen LogP contribution in [0.4, 0.5) is 0 Å². The van der Waals surface area contributed by atoms with E-state index < -0.39 is 10.3 Å². The molecule has 0 spiro atoms. The maximum absolute atomic E-state index is 8.97. The van der Waals surface area contributed by atoms with Gasteiger partial charge >= 0.3 is 10.3 Å². The molecule has 0 aliphatic heterocycles. The van der Waals surface area contributed by atoms with E-state index in [0.29, 0.717) is 0 Å². The van der Waals surface area contributed by atoms with Gasteiger partial charge in [-0.2, -0.15) is 8.42 Å². The fraction of sp³-hybridized carbons (Fsp3) is 1.00. The molecule has 82 valence electrons. The monoisotopic (exact) mass is 213 g/mol. The lowest BCUT2D eigenvalue weighted by Gasteiger charge is -1.94. The highest BCUT2D eigenvalue weighted by Crippen LogP contribution is 1.95. The fourth-order valence-electron chi connectivity index (χ4n) is 0.642. The van der Waals surface area contributed by atoms with E-state index in [-0.39, 0.29) is 0 Å². The van der Waals surface area contributed by atoms with E-state index in [1.807, 2.05) is 0 Å². The molecular formula is C6H19N3O3S. The van der Waals surface area contributed by atoms with Crippen LogP contribution in [0.15, 0.2) is 0 Å². The summed E-state index contributed by atoms with van der Waals surface area (Å²) in [7, 11) is -4.17. The zero-order valence-corrected chi connectivity index (χ0v) is 8.46. The third kappa shape index (κ3) is 49.3. The van der Waals surface area contributed by atoms with Crippen molar-refractivity contribution in [3.8, 4) is 0 Å². The maximum atomic E-state index is 8.97. The standard InChI is InChI=1S/C6H16N2.H3NO3S/c7-5-3-1-2-4-6-8;1-5(2,3)4/h1-8H2;(H3,1,2,3,4). The lowest BCUT2D eigenvalue weighted by molar-refractivity contribution is 0.485. The maximum Gasteiger partial charge on any atom is 0.330 e. The molecule has 7 N–H and O–H groups in total. The van der Waals surface area contributed by atoms with Gasteiger partial charge in [0.25, 0.3) is 0 Å². The Morgan fingerprint density at radius 3 is 1.31 bits per heavy atom. The number of unbranched alkanes of at least 4 members (excludes halogenated alkanes) is 3. The first kappa shape index (κ1) is 15.3. The first-order chi connectivity index (χ1) is 5.91. The van der Waals surface area contributed by atoms with Crippen LogP contribution < -0.4 is 16.6 Å². The normalized spacial score (nSPS) is 10.5. The predicted octanol–water partition coefficient (Wildman–Crippen LogP) is -0.788. The number of rotatable bonds is 5. The van der Waals surface area contributed by atoms with E-state index in [0.717, 1.165) is 25.9 Å². The van der Waals surface area contributed by atoms with Gasteiger partial charge in [0.2, 0.25) is 0 Å². The Labute approximate surface area is 79.4 Å². The van der Waals surface area contributed by atoms with E-state index in [1.54, 1.807) is 0 Å². The number of hydrogen-bond donors (Lipinski definition) is 4. The van der Waals surface area contributed by atoms with Crippen molar-refractivity contribution < 1.29 is 13.0 Å². The summed E-state index contributed by atoms with van der Waals surface area (Å²) in [5.41, 5.74) is 10.6. The van der Waals surface area contributed by atoms with Crippen molar-refractivity contribution in [2.45, 2.75) is 25.7 Å². The minimum Gasteiger partial charge on any atom is -0.330 e. The molecule has 7 heteroatoms. The molecule has 0 unspecified atom stereocenters. The molecule has 0 bridgehead atoms. The smallest absolute Gasteiger partial charge is 0.330 e. The number of hydrogen-bond acceptors (Lipinski definition) is 4. The van der Waals surface area contributed by atoms with Crippen molar-refractivity contribution in [3.05, 3.63) is 0 Å². The summed E-state index contributed by atoms with van der Waals surface area (Å²) in [6, 6.07) is 0. The molecule has 0 heterocycles. The van der Waals surface area contributed by atoms with Crippen LogP contribution in [-0.2, 0) is 10.3 Å². The van der Waals surface area contributed by atoms with Crippen LogP contribution in [0.3, 0.4) is 0 Å². The zero-order valence-electron chi connectivity index (χ0n) is 7.65. The van der Waals surface area contributed by atoms with Gasteiger partial charge in [0.05, 0.1) is 0 Å². The largest absolute Gasteiger partial charge is 0.330 e. The molecule has 0 atom stereocenters. The average molecular weight is 213 g/mol. The van der Waals surface area contributed by atoms with Crippen molar-refractivity contribution in [2.24, 2.45) is 16.6 Å². The predicted molar refractivity (Wildman–Crippen MR) is 52.3 cm³/mol. The van der Waals surface area contributed by atoms with Gasteiger partial charge in [-0.05, 0) is 25.9 Å². The number of nitrogens with two attached hydrogens (primary N) is 3. The molecule has 0 rings (SSSR count). The van der Waals surface area contributed by atoms with Gasteiger partial charge in [0.1, 0.15) is 0 Å². The summed E-state index contributed by atoms with van der Waals surface area (Å²) >= 11 is 0. The molecule has 0 fully saturated rings. The molecule has 0 aliphatic carbocycles. The molecule has 0 radical (unpaired) electrons. The second kappa shape index (κ2) is 9.87. The zero-order chi connectivity index (χ0) is 10.7. The molecule has 0 aromatic heterocycles. The lowest BCUT2D eigenvalue weighted by atomic mass is 10.2. The molecular weight excluding hydrogens is 194 g/mol. The summed E-state index contributed by atoms with van der Waals surface area (Å²) < 4.78 is 25.2. The third-order valence-electron chi connectivity index (χ3n) is 1.16. The van der Waals surface area contributed by atoms with E-state index in [4.69, 9.17) is 24.4 Å². The van der Waals surface area contributed by atoms with Gasteiger partial charge < -0.3 is 11.5 Å². The summed E-state index contributed by atoms with van der Waals surface area (Å²) in [6.07, 6.45) is 4.79. The lowest BCUT2D eigenvalue weighted by Crippen LogP contribution is -2.08. The highest BCUT2D eigenvalue weighted by Gasteiger charge is 1.83. The van der Waals surface area contributed by atoms with E-state index in [9.17, 15) is 0 Å². The fourth-order valence-corrected chi connectivity index (χ4v) is 0.642. The Morgan fingerprint density at radius 1 is 0.923 bits per heavy atom. The SMILES string of the molecule is NCCCCCCN.NS(=O)(=O)O. The van der Waals surface area contributed by atoms with Crippen LogP contribution >= 0.6 is 0 Å². The molecule has 13 heavy (non-hydrogen) atoms. The first-order valence-corrected chi connectivity index (χ1v) is 5.57. The quantitative estimate of drug-likeness (QED) is 0.351. The van der Waals surface area contributed by atoms with Crippen LogP contribution in [-0.4, -0.2) is 26.1 Å². The van der Waals surface area contributed by atoms with E-state index >= 15 is 0 Å². The Kier molecular flexibility index (Phi) is 11.6. The van der Waals surface area contributed by atoms with E-state index in [1.165, 1.54) is 12.8 Å². The van der Waals surface area contributed by atoms with Gasteiger partial charge in [-0.15, -0.1) is 0 Å². The molecule has 0 aromatic carbocycles. The van der Waals surface area contributed by atoms with Crippen molar-refractivity contribution >= 4 is 10.3 Å². The van der Waals surface area contributed by atoms with Gasteiger partial charge in [-0.25, -0.2) is 5.14 Å². The summed E-state index contributed by atoms with van der Waals surface area (Å²) in [5, 5.41) is 3.88. The van der Waals surface area contributed by atoms with Crippen LogP contribution in [0.5, 0.6) is 0 Å². The summed E-state index contributed by atoms with van der Waals surface area (Å²) in [5.74, 6) is 0. The minimum absolute atomic E-state index is 0.824. The average Bonchev–Trinajstić information content (AvgIpc) is 1.95. The van der Waals surface area contributed by atoms with Crippen molar-refractivity contribution in [1.29, 1.82) is 0 Å². The molecule has 6 nitrogen and oxygen atoms in total. The van der Waals surface area contributed by atoms with E-state index in [2.05, 4.69) is 5.14 Å². The second-order valence-electron chi connectivity index (χ2n) is 2.51. The molecule has 0 amide bonds. The van der Waals surface area contributed by atoms with Gasteiger partial charge in [0.15, 0.2) is 0 Å². The van der Waals surface area contributed by atoms with Crippen LogP contribution in [0.1, 0.15) is 25.7 Å². The summed E-state index contributed by atoms with van der Waals surface area (Å²) in [4.78, 5) is 0. The Bertz CT molecular complexity index is 168. The van der Waals surface area contributed by atoms with Crippen molar-refractivity contribution in [3.63, 3.8) is 0 Å². The Morgan fingerprint density at radius 2 is 1.15 bits per heavy atom. The van der Waals surface area contributed by atoms with Crippen LogP contribution in [0, 0.1) is 0 Å². The van der Waals surface area contributed by atoms with Gasteiger partial charge in [-0.3, -0.25) is 4.55 Å². The minimum atomic E-state index is -4.17. The van der Waals surface area contributed by atoms with Crippen molar-refractivity contribution in [1.82, 2.24) is 0 Å². The highest BCUT2D eigenvalue weighted by atomic mass is 32.2. The summed E-state index contributed by atoms with van der Waals surface area (Å²) in [6.45, 7) is 1.65. The topological polar surface area (TPSA) is 132 Å². The molecule has 0 aromatic rings. The van der Waals surface area contributed by atoms with Gasteiger partial charge in [0, 0.05) is 0 Å². The van der Waals surface area contributed by atoms with Crippen molar-refractivity contribution in [2.75, 3.05) is 13.1 Å². The molecule has 0 saturated carbocycles. The Balaban J connectivity index is 0. The van der Waals surface area contributed by atoms with Crippen LogP contribution in [0.2, 0.25) is 0 Å². The molecule has 0 saturated heterocycles. The second-order valence-corrected chi connectivity index (χ2v) is 3.54. The van der Waals surface area contributed by atoms with Gasteiger partial charge in [-0.1, -0.05) is 12.8 Å².